The van der Waals surface area contributed by atoms with Crippen LogP contribution in [0.25, 0.3) is 0 Å². The molecule has 4 heteroatoms. The molecule has 1 saturated heterocycles. The van der Waals surface area contributed by atoms with Crippen molar-refractivity contribution < 1.29 is 9.16 Å². The molecule has 1 fully saturated rings. The molecule has 2 atom stereocenters. The first-order valence-electron chi connectivity index (χ1n) is 9.19. The van der Waals surface area contributed by atoms with Gasteiger partial charge in [-0.25, -0.2) is 0 Å². The van der Waals surface area contributed by atoms with Gasteiger partial charge in [-0.1, -0.05) is 38.5 Å². The smallest absolute Gasteiger partial charge is 0.194 e. The van der Waals surface area contributed by atoms with E-state index in [1.807, 2.05) is 11.8 Å². The summed E-state index contributed by atoms with van der Waals surface area (Å²) in [5, 5.41) is 0.170. The lowest BCUT2D eigenvalue weighted by molar-refractivity contribution is -0.290. The van der Waals surface area contributed by atoms with Crippen molar-refractivity contribution in [2.24, 2.45) is 0 Å². The van der Waals surface area contributed by atoms with E-state index in [-0.39, 0.29) is 21.7 Å². The zero-order valence-electron chi connectivity index (χ0n) is 18.0. The van der Waals surface area contributed by atoms with Crippen LogP contribution < -0.4 is 0 Å². The molecule has 1 aromatic carbocycles. The third-order valence-corrected chi connectivity index (χ3v) is 12.1. The van der Waals surface area contributed by atoms with E-state index in [0.29, 0.717) is 0 Å². The third kappa shape index (κ3) is 3.35. The third-order valence-electron chi connectivity index (χ3n) is 6.11. The molecule has 0 amide bonds. The Hall–Kier alpha value is -0.293. The minimum atomic E-state index is -1.94. The highest BCUT2D eigenvalue weighted by Crippen LogP contribution is 2.62. The molecule has 0 aliphatic carbocycles. The maximum atomic E-state index is 7.07. The van der Waals surface area contributed by atoms with Crippen molar-refractivity contribution >= 4 is 20.1 Å². The van der Waals surface area contributed by atoms with Crippen LogP contribution in [0.5, 0.6) is 0 Å². The second-order valence-electron chi connectivity index (χ2n) is 9.55. The molecule has 0 saturated carbocycles. The zero-order valence-corrected chi connectivity index (χ0v) is 19.8. The fourth-order valence-corrected chi connectivity index (χ4v) is 6.96. The van der Waals surface area contributed by atoms with E-state index in [4.69, 9.17) is 9.16 Å². The normalized spacial score (nSPS) is 26.4. The Bertz CT molecular complexity index is 637. The summed E-state index contributed by atoms with van der Waals surface area (Å²) in [5.74, 6) is 0. The highest BCUT2D eigenvalue weighted by atomic mass is 32.2. The molecule has 0 bridgehead atoms. The largest absolute Gasteiger partial charge is 0.398 e. The first kappa shape index (κ1) is 21.0. The molecule has 1 aliphatic rings. The number of aryl methyl sites for hydroxylation is 3. The summed E-state index contributed by atoms with van der Waals surface area (Å²) < 4.78 is 13.5. The van der Waals surface area contributed by atoms with E-state index < -0.39 is 8.32 Å². The van der Waals surface area contributed by atoms with Gasteiger partial charge in [0.05, 0.1) is 0 Å². The maximum Gasteiger partial charge on any atom is 0.194 e. The Labute approximate surface area is 160 Å². The fourth-order valence-electron chi connectivity index (χ4n) is 3.67. The van der Waals surface area contributed by atoms with Gasteiger partial charge in [0, 0.05) is 0 Å². The predicted octanol–water partition coefficient (Wildman–Crippen LogP) is 6.54. The van der Waals surface area contributed by atoms with Gasteiger partial charge in [-0.15, -0.1) is 11.8 Å². The monoisotopic (exact) mass is 380 g/mol. The number of hydrogen-bond acceptors (Lipinski definition) is 3. The Morgan fingerprint density at radius 3 is 1.92 bits per heavy atom. The number of rotatable bonds is 4. The molecule has 0 unspecified atom stereocenters. The van der Waals surface area contributed by atoms with Gasteiger partial charge in [0.25, 0.3) is 0 Å². The highest BCUT2D eigenvalue weighted by molar-refractivity contribution is 8.00. The van der Waals surface area contributed by atoms with E-state index in [1.54, 1.807) is 0 Å². The van der Waals surface area contributed by atoms with Crippen LogP contribution >= 0.6 is 11.8 Å². The van der Waals surface area contributed by atoms with Crippen LogP contribution in [0.1, 0.15) is 63.0 Å². The summed E-state index contributed by atoms with van der Waals surface area (Å²) >= 11 is 1.82. The summed E-state index contributed by atoms with van der Waals surface area (Å²) in [4.78, 5) is -0.346. The van der Waals surface area contributed by atoms with Crippen molar-refractivity contribution in [1.29, 1.82) is 0 Å². The van der Waals surface area contributed by atoms with Gasteiger partial charge in [-0.2, -0.15) is 0 Å². The SMILES string of the molecule is CS[C@@]1(O[Si](C)(C)C(C)(C)C)[C@@H](c2c(C)cc(C)cc2C)OC1(C)C. The quantitative estimate of drug-likeness (QED) is 0.436. The molecule has 1 aliphatic heterocycles. The fraction of sp³-hybridized carbons (Fsp3) is 0.714. The molecule has 2 rings (SSSR count). The van der Waals surface area contributed by atoms with E-state index in [2.05, 4.69) is 86.9 Å². The van der Waals surface area contributed by atoms with Gasteiger partial charge in [0.2, 0.25) is 0 Å². The van der Waals surface area contributed by atoms with Crippen LogP contribution in [0, 0.1) is 20.8 Å². The van der Waals surface area contributed by atoms with Crippen molar-refractivity contribution in [3.63, 3.8) is 0 Å². The van der Waals surface area contributed by atoms with Crippen molar-refractivity contribution in [2.45, 2.75) is 90.2 Å². The van der Waals surface area contributed by atoms with Crippen LogP contribution in [0.4, 0.5) is 0 Å². The average Bonchev–Trinajstić information content (AvgIpc) is 2.41. The molecule has 1 aromatic rings. The van der Waals surface area contributed by atoms with Gasteiger partial charge in [-0.05, 0) is 75.7 Å². The highest BCUT2D eigenvalue weighted by Gasteiger charge is 2.66. The Balaban J connectivity index is 2.54. The number of benzene rings is 1. The van der Waals surface area contributed by atoms with Gasteiger partial charge < -0.3 is 9.16 Å². The summed E-state index contributed by atoms with van der Waals surface area (Å²) in [5.41, 5.74) is 4.90. The van der Waals surface area contributed by atoms with Crippen LogP contribution in [-0.4, -0.2) is 25.1 Å². The molecule has 142 valence electrons. The standard InChI is InChI=1S/C21H36O2SSi/c1-14-12-15(2)17(16(3)13-14)18-21(24-9,20(7,8)22-18)23-25(10,11)19(4,5)6/h12-13,18H,1-11H3/t18-,21+/m1/s1. The van der Waals surface area contributed by atoms with Crippen molar-refractivity contribution in [3.8, 4) is 0 Å². The van der Waals surface area contributed by atoms with E-state index in [0.717, 1.165) is 0 Å². The number of thioether (sulfide) groups is 1. The lowest BCUT2D eigenvalue weighted by Gasteiger charge is -2.63. The van der Waals surface area contributed by atoms with Gasteiger partial charge >= 0.3 is 0 Å². The topological polar surface area (TPSA) is 18.5 Å². The van der Waals surface area contributed by atoms with Gasteiger partial charge in [0.15, 0.2) is 13.3 Å². The summed E-state index contributed by atoms with van der Waals surface area (Å²) in [6.45, 7) is 22.5. The molecule has 0 aromatic heterocycles. The van der Waals surface area contributed by atoms with Crippen LogP contribution in [0.3, 0.4) is 0 Å². The number of ether oxygens (including phenoxy) is 1. The second-order valence-corrected chi connectivity index (χ2v) is 15.3. The Morgan fingerprint density at radius 1 is 1.08 bits per heavy atom. The van der Waals surface area contributed by atoms with Crippen molar-refractivity contribution in [1.82, 2.24) is 0 Å². The first-order valence-corrected chi connectivity index (χ1v) is 13.3. The molecule has 2 nitrogen and oxygen atoms in total. The minimum Gasteiger partial charge on any atom is -0.398 e. The summed E-state index contributed by atoms with van der Waals surface area (Å²) in [6, 6.07) is 4.52. The molecule has 1 heterocycles. The molecule has 25 heavy (non-hydrogen) atoms. The summed E-state index contributed by atoms with van der Waals surface area (Å²) in [6.07, 6.45) is 2.15. The zero-order chi connectivity index (χ0) is 19.4. The van der Waals surface area contributed by atoms with Gasteiger partial charge in [0.1, 0.15) is 11.7 Å². The van der Waals surface area contributed by atoms with Crippen LogP contribution in [0.15, 0.2) is 12.1 Å². The molecular formula is C21H36O2SSi. The molecule has 0 N–H and O–H groups in total. The Kier molecular flexibility index (Phi) is 5.38. The van der Waals surface area contributed by atoms with E-state index >= 15 is 0 Å². The van der Waals surface area contributed by atoms with Crippen molar-refractivity contribution in [2.75, 3.05) is 6.26 Å². The van der Waals surface area contributed by atoms with Crippen LogP contribution in [0.2, 0.25) is 18.1 Å². The maximum absolute atomic E-state index is 7.07. The average molecular weight is 381 g/mol. The van der Waals surface area contributed by atoms with Gasteiger partial charge in [-0.3, -0.25) is 0 Å². The molecular weight excluding hydrogens is 344 g/mol. The number of hydrogen-bond donors (Lipinski definition) is 0. The lowest BCUT2D eigenvalue weighted by Crippen LogP contribution is -2.70. The lowest BCUT2D eigenvalue weighted by atomic mass is 9.81. The summed E-state index contributed by atoms with van der Waals surface area (Å²) in [7, 11) is -1.94. The predicted molar refractivity (Wildman–Crippen MR) is 113 cm³/mol. The van der Waals surface area contributed by atoms with Crippen molar-refractivity contribution in [3.05, 3.63) is 34.4 Å². The second kappa shape index (κ2) is 6.40. The Morgan fingerprint density at radius 2 is 1.56 bits per heavy atom. The minimum absolute atomic E-state index is 0.0211. The van der Waals surface area contributed by atoms with E-state index in [1.165, 1.54) is 22.3 Å². The molecule has 0 spiro atoms. The molecule has 0 radical (unpaired) electrons. The first-order chi connectivity index (χ1) is 11.2. The van der Waals surface area contributed by atoms with E-state index in [9.17, 15) is 0 Å². The van der Waals surface area contributed by atoms with Crippen LogP contribution in [-0.2, 0) is 9.16 Å².